The molecule has 112 valence electrons. The first-order valence-corrected chi connectivity index (χ1v) is 7.45. The Morgan fingerprint density at radius 1 is 1.25 bits per heavy atom. The van der Waals surface area contributed by atoms with E-state index in [1.54, 1.807) is 0 Å². The van der Waals surface area contributed by atoms with Gasteiger partial charge in [0.25, 0.3) is 5.91 Å². The van der Waals surface area contributed by atoms with Gasteiger partial charge in [-0.1, -0.05) is 26.0 Å². The van der Waals surface area contributed by atoms with Crippen molar-refractivity contribution in [1.82, 2.24) is 15.5 Å². The summed E-state index contributed by atoms with van der Waals surface area (Å²) in [7, 11) is 1.90. The van der Waals surface area contributed by atoms with Gasteiger partial charge in [-0.25, -0.2) is 0 Å². The Kier molecular flexibility index (Phi) is 7.92. The van der Waals surface area contributed by atoms with E-state index in [1.165, 1.54) is 0 Å². The van der Waals surface area contributed by atoms with Gasteiger partial charge < -0.3 is 15.5 Å². The van der Waals surface area contributed by atoms with Crippen LogP contribution in [0, 0.1) is 0 Å². The van der Waals surface area contributed by atoms with Crippen LogP contribution in [0.1, 0.15) is 36.2 Å². The number of nitrogens with zero attached hydrogens (tertiary/aromatic N) is 1. The van der Waals surface area contributed by atoms with Crippen molar-refractivity contribution in [3.8, 4) is 0 Å². The van der Waals surface area contributed by atoms with Gasteiger partial charge >= 0.3 is 0 Å². The highest BCUT2D eigenvalue weighted by molar-refractivity contribution is 5.94. The predicted octanol–water partition coefficient (Wildman–Crippen LogP) is 1.87. The third kappa shape index (κ3) is 5.72. The Bertz CT molecular complexity index is 406. The SMILES string of the molecule is CCCN(CC)CCNC(=O)c1cccc(CNC)c1. The monoisotopic (exact) mass is 277 g/mol. The number of benzene rings is 1. The van der Waals surface area contributed by atoms with Crippen molar-refractivity contribution in [1.29, 1.82) is 0 Å². The van der Waals surface area contributed by atoms with Crippen molar-refractivity contribution in [3.05, 3.63) is 35.4 Å². The van der Waals surface area contributed by atoms with Gasteiger partial charge in [-0.05, 0) is 44.3 Å². The van der Waals surface area contributed by atoms with Gasteiger partial charge in [-0.2, -0.15) is 0 Å². The molecule has 0 saturated carbocycles. The molecule has 1 aromatic carbocycles. The molecule has 0 aromatic heterocycles. The number of hydrogen-bond acceptors (Lipinski definition) is 3. The van der Waals surface area contributed by atoms with E-state index in [4.69, 9.17) is 0 Å². The zero-order chi connectivity index (χ0) is 14.8. The summed E-state index contributed by atoms with van der Waals surface area (Å²) in [5.74, 6) is 0.00973. The Morgan fingerprint density at radius 3 is 2.70 bits per heavy atom. The molecule has 4 nitrogen and oxygen atoms in total. The second-order valence-corrected chi connectivity index (χ2v) is 4.92. The summed E-state index contributed by atoms with van der Waals surface area (Å²) in [5, 5.41) is 6.08. The van der Waals surface area contributed by atoms with Gasteiger partial charge in [-0.15, -0.1) is 0 Å². The summed E-state index contributed by atoms with van der Waals surface area (Å²) in [6.07, 6.45) is 1.15. The van der Waals surface area contributed by atoms with Crippen LogP contribution >= 0.6 is 0 Å². The molecule has 0 fully saturated rings. The molecule has 0 radical (unpaired) electrons. The molecule has 2 N–H and O–H groups in total. The summed E-state index contributed by atoms with van der Waals surface area (Å²) >= 11 is 0. The molecule has 4 heteroatoms. The maximum Gasteiger partial charge on any atom is 0.251 e. The molecule has 0 heterocycles. The standard InChI is InChI=1S/C16H27N3O/c1-4-10-19(5-2)11-9-18-16(20)15-8-6-7-14(12-15)13-17-3/h6-8,12,17H,4-5,9-11,13H2,1-3H3,(H,18,20). The van der Waals surface area contributed by atoms with Crippen molar-refractivity contribution < 1.29 is 4.79 Å². The van der Waals surface area contributed by atoms with Crippen LogP contribution in [0.3, 0.4) is 0 Å². The van der Waals surface area contributed by atoms with Crippen LogP contribution in [-0.4, -0.2) is 44.0 Å². The highest BCUT2D eigenvalue weighted by atomic mass is 16.1. The second-order valence-electron chi connectivity index (χ2n) is 4.92. The molecule has 1 amide bonds. The topological polar surface area (TPSA) is 44.4 Å². The van der Waals surface area contributed by atoms with E-state index in [9.17, 15) is 4.79 Å². The van der Waals surface area contributed by atoms with Crippen molar-refractivity contribution in [2.24, 2.45) is 0 Å². The summed E-state index contributed by atoms with van der Waals surface area (Å²) in [6.45, 7) is 8.83. The fourth-order valence-corrected chi connectivity index (χ4v) is 2.20. The van der Waals surface area contributed by atoms with Crippen molar-refractivity contribution in [3.63, 3.8) is 0 Å². The Balaban J connectivity index is 2.44. The van der Waals surface area contributed by atoms with Gasteiger partial charge in [-0.3, -0.25) is 4.79 Å². The van der Waals surface area contributed by atoms with E-state index in [1.807, 2.05) is 31.3 Å². The number of likely N-dealkylation sites (N-methyl/N-ethyl adjacent to an activating group) is 1. The third-order valence-corrected chi connectivity index (χ3v) is 3.27. The molecule has 0 saturated heterocycles. The maximum absolute atomic E-state index is 12.1. The summed E-state index contributed by atoms with van der Waals surface area (Å²) in [4.78, 5) is 14.4. The van der Waals surface area contributed by atoms with E-state index < -0.39 is 0 Å². The lowest BCUT2D eigenvalue weighted by molar-refractivity contribution is 0.0948. The fraction of sp³-hybridized carbons (Fsp3) is 0.562. The van der Waals surface area contributed by atoms with Gasteiger partial charge in [0.05, 0.1) is 0 Å². The Labute approximate surface area is 122 Å². The number of carbonyl (C=O) groups excluding carboxylic acids is 1. The molecular formula is C16H27N3O. The molecule has 0 aliphatic carbocycles. The summed E-state index contributed by atoms with van der Waals surface area (Å²) < 4.78 is 0. The third-order valence-electron chi connectivity index (χ3n) is 3.27. The minimum Gasteiger partial charge on any atom is -0.351 e. The molecule has 20 heavy (non-hydrogen) atoms. The smallest absolute Gasteiger partial charge is 0.251 e. The van der Waals surface area contributed by atoms with E-state index in [-0.39, 0.29) is 5.91 Å². The second kappa shape index (κ2) is 9.50. The van der Waals surface area contributed by atoms with Crippen molar-refractivity contribution in [2.45, 2.75) is 26.8 Å². The van der Waals surface area contributed by atoms with E-state index in [0.717, 1.165) is 43.7 Å². The highest BCUT2D eigenvalue weighted by Crippen LogP contribution is 2.05. The van der Waals surface area contributed by atoms with Crippen LogP contribution in [0.5, 0.6) is 0 Å². The van der Waals surface area contributed by atoms with E-state index in [2.05, 4.69) is 29.4 Å². The van der Waals surface area contributed by atoms with Crippen LogP contribution in [-0.2, 0) is 6.54 Å². The number of hydrogen-bond donors (Lipinski definition) is 2. The first-order chi connectivity index (χ1) is 9.71. The van der Waals surface area contributed by atoms with Crippen molar-refractivity contribution >= 4 is 5.91 Å². The molecule has 0 aliphatic heterocycles. The zero-order valence-electron chi connectivity index (χ0n) is 12.9. The fourth-order valence-electron chi connectivity index (χ4n) is 2.20. The first kappa shape index (κ1) is 16.7. The molecular weight excluding hydrogens is 250 g/mol. The minimum absolute atomic E-state index is 0.00973. The molecule has 0 aliphatic rings. The number of carbonyl (C=O) groups is 1. The van der Waals surface area contributed by atoms with Crippen LogP contribution in [0.15, 0.2) is 24.3 Å². The maximum atomic E-state index is 12.1. The van der Waals surface area contributed by atoms with Crippen LogP contribution in [0.25, 0.3) is 0 Å². The summed E-state index contributed by atoms with van der Waals surface area (Å²) in [5.41, 5.74) is 1.86. The lowest BCUT2D eigenvalue weighted by Gasteiger charge is -2.19. The molecule has 1 aromatic rings. The Hall–Kier alpha value is -1.39. The first-order valence-electron chi connectivity index (χ1n) is 7.45. The van der Waals surface area contributed by atoms with Gasteiger partial charge in [0.1, 0.15) is 0 Å². The minimum atomic E-state index is 0.00973. The lowest BCUT2D eigenvalue weighted by Crippen LogP contribution is -2.35. The van der Waals surface area contributed by atoms with Gasteiger partial charge in [0, 0.05) is 25.2 Å². The molecule has 0 unspecified atom stereocenters. The largest absolute Gasteiger partial charge is 0.351 e. The number of nitrogens with one attached hydrogen (secondary N) is 2. The van der Waals surface area contributed by atoms with Crippen LogP contribution in [0.2, 0.25) is 0 Å². The van der Waals surface area contributed by atoms with Gasteiger partial charge in [0.15, 0.2) is 0 Å². The lowest BCUT2D eigenvalue weighted by atomic mass is 10.1. The average molecular weight is 277 g/mol. The normalized spacial score (nSPS) is 10.8. The zero-order valence-corrected chi connectivity index (χ0v) is 12.9. The predicted molar refractivity (Wildman–Crippen MR) is 83.9 cm³/mol. The van der Waals surface area contributed by atoms with Crippen LogP contribution in [0.4, 0.5) is 0 Å². The molecule has 1 rings (SSSR count). The molecule has 0 bridgehead atoms. The quantitative estimate of drug-likeness (QED) is 0.724. The highest BCUT2D eigenvalue weighted by Gasteiger charge is 2.06. The number of rotatable bonds is 9. The van der Waals surface area contributed by atoms with Gasteiger partial charge in [0.2, 0.25) is 0 Å². The number of amides is 1. The van der Waals surface area contributed by atoms with E-state index >= 15 is 0 Å². The van der Waals surface area contributed by atoms with Crippen molar-refractivity contribution in [2.75, 3.05) is 33.2 Å². The van der Waals surface area contributed by atoms with Crippen LogP contribution < -0.4 is 10.6 Å². The Morgan fingerprint density at radius 2 is 2.05 bits per heavy atom. The molecule has 0 spiro atoms. The molecule has 0 atom stereocenters. The van der Waals surface area contributed by atoms with E-state index in [0.29, 0.717) is 6.54 Å². The average Bonchev–Trinajstić information content (AvgIpc) is 2.47. The summed E-state index contributed by atoms with van der Waals surface area (Å²) in [6, 6.07) is 7.75.